The summed E-state index contributed by atoms with van der Waals surface area (Å²) in [6.45, 7) is 2.25. The van der Waals surface area contributed by atoms with Gasteiger partial charge in [0, 0.05) is 19.3 Å². The summed E-state index contributed by atoms with van der Waals surface area (Å²) in [4.78, 5) is 44.3. The summed E-state index contributed by atoms with van der Waals surface area (Å²) < 4.78 is 0. The van der Waals surface area contributed by atoms with E-state index in [-0.39, 0.29) is 19.3 Å². The molecule has 0 aliphatic rings. The molecule has 0 rings (SSSR count). The molecule has 0 bridgehead atoms. The van der Waals surface area contributed by atoms with Gasteiger partial charge < -0.3 is 20.4 Å². The average Bonchev–Trinajstić information content (AvgIpc) is 3.02. The summed E-state index contributed by atoms with van der Waals surface area (Å²) in [5.74, 6) is -1.21. The van der Waals surface area contributed by atoms with Crippen molar-refractivity contribution in [2.24, 2.45) is 5.41 Å². The molecule has 0 fully saturated rings. The first-order valence-corrected chi connectivity index (χ1v) is 19.0. The minimum absolute atomic E-state index is 0.183. The van der Waals surface area contributed by atoms with E-state index in [4.69, 9.17) is 16.6 Å². The zero-order valence-electron chi connectivity index (χ0n) is 29.9. The number of aliphatic carboxylic acids is 4. The summed E-state index contributed by atoms with van der Waals surface area (Å²) in [6.07, 6.45) is 34.9. The maximum absolute atomic E-state index is 11.8. The van der Waals surface area contributed by atoms with Gasteiger partial charge in [-0.1, -0.05) is 155 Å². The normalized spacial score (nSPS) is 11.0. The predicted molar refractivity (Wildman–Crippen MR) is 191 cm³/mol. The molecule has 8 nitrogen and oxygen atoms in total. The van der Waals surface area contributed by atoms with Crippen LogP contribution in [0.25, 0.3) is 0 Å². The Labute approximate surface area is 286 Å². The fourth-order valence-corrected chi connectivity index (χ4v) is 5.89. The van der Waals surface area contributed by atoms with E-state index in [0.717, 1.165) is 96.3 Å². The summed E-state index contributed by atoms with van der Waals surface area (Å²) in [5, 5.41) is 36.3. The molecule has 0 unspecified atom stereocenters. The lowest BCUT2D eigenvalue weighted by molar-refractivity contribution is -0.166. The molecule has 0 atom stereocenters. The fourth-order valence-electron chi connectivity index (χ4n) is 5.89. The van der Waals surface area contributed by atoms with Gasteiger partial charge in [0.15, 0.2) is 5.41 Å². The first kappa shape index (κ1) is 46.6. The van der Waals surface area contributed by atoms with Crippen LogP contribution in [0.4, 0.5) is 0 Å². The molecule has 0 aromatic heterocycles. The van der Waals surface area contributed by atoms with Crippen LogP contribution in [0.5, 0.6) is 0 Å². The van der Waals surface area contributed by atoms with E-state index in [2.05, 4.69) is 12.8 Å². The number of hydrogen-bond acceptors (Lipinski definition) is 4. The number of carboxylic acid groups (broad SMARTS) is 4. The highest BCUT2D eigenvalue weighted by molar-refractivity contribution is 5.98. The van der Waals surface area contributed by atoms with E-state index in [1.165, 1.54) is 57.8 Å². The van der Waals surface area contributed by atoms with E-state index < -0.39 is 29.3 Å². The van der Waals surface area contributed by atoms with Gasteiger partial charge in [0.25, 0.3) is 0 Å². The molecule has 0 aliphatic carbocycles. The van der Waals surface area contributed by atoms with Gasteiger partial charge in [-0.15, -0.1) is 12.3 Å². The van der Waals surface area contributed by atoms with Crippen molar-refractivity contribution >= 4 is 23.9 Å². The van der Waals surface area contributed by atoms with Crippen LogP contribution in [0, 0.1) is 17.8 Å². The van der Waals surface area contributed by atoms with Gasteiger partial charge in [-0.2, -0.15) is 0 Å². The van der Waals surface area contributed by atoms with Crippen LogP contribution >= 0.6 is 0 Å². The Balaban J connectivity index is 0. The van der Waals surface area contributed by atoms with Crippen LogP contribution in [-0.2, 0) is 19.2 Å². The molecular formula is C39H70O8. The fraction of sp³-hybridized carbons (Fsp3) is 0.846. The maximum atomic E-state index is 11.8. The molecule has 0 aromatic carbocycles. The SMILES string of the molecule is C#CCCCCCCCCCC(CCCCCCCCCCC(=O)O)(C(=O)O)C(=O)O.CCCCCCCCCCCCCC(=O)O. The molecule has 274 valence electrons. The predicted octanol–water partition coefficient (Wildman–Crippen LogP) is 11.0. The van der Waals surface area contributed by atoms with Crippen LogP contribution in [0.15, 0.2) is 0 Å². The van der Waals surface area contributed by atoms with Gasteiger partial charge >= 0.3 is 23.9 Å². The Morgan fingerprint density at radius 2 is 0.723 bits per heavy atom. The zero-order chi connectivity index (χ0) is 35.4. The molecule has 0 heterocycles. The number of carbonyl (C=O) groups is 4. The lowest BCUT2D eigenvalue weighted by Crippen LogP contribution is -2.39. The molecule has 0 amide bonds. The van der Waals surface area contributed by atoms with E-state index in [1.54, 1.807) is 0 Å². The van der Waals surface area contributed by atoms with Crippen molar-refractivity contribution in [3.05, 3.63) is 0 Å². The molecule has 47 heavy (non-hydrogen) atoms. The van der Waals surface area contributed by atoms with Crippen LogP contribution in [0.3, 0.4) is 0 Å². The molecule has 4 N–H and O–H groups in total. The van der Waals surface area contributed by atoms with Crippen LogP contribution in [0.2, 0.25) is 0 Å². The number of hydrogen-bond donors (Lipinski definition) is 4. The van der Waals surface area contributed by atoms with Crippen molar-refractivity contribution in [1.29, 1.82) is 0 Å². The van der Waals surface area contributed by atoms with Gasteiger partial charge in [0.05, 0.1) is 0 Å². The molecule has 0 aliphatic heterocycles. The quantitative estimate of drug-likeness (QED) is 0.0301. The third-order valence-corrected chi connectivity index (χ3v) is 8.98. The van der Waals surface area contributed by atoms with E-state index in [1.807, 2.05) is 0 Å². The first-order valence-electron chi connectivity index (χ1n) is 19.0. The van der Waals surface area contributed by atoms with Crippen molar-refractivity contribution < 1.29 is 39.6 Å². The molecule has 0 saturated heterocycles. The van der Waals surface area contributed by atoms with Gasteiger partial charge in [-0.25, -0.2) is 0 Å². The number of rotatable bonds is 34. The minimum Gasteiger partial charge on any atom is -0.481 e. The zero-order valence-corrected chi connectivity index (χ0v) is 29.9. The second-order valence-electron chi connectivity index (χ2n) is 13.3. The van der Waals surface area contributed by atoms with Crippen LogP contribution in [-0.4, -0.2) is 44.3 Å². The van der Waals surface area contributed by atoms with Crippen molar-refractivity contribution in [3.63, 3.8) is 0 Å². The van der Waals surface area contributed by atoms with Crippen LogP contribution in [0.1, 0.15) is 206 Å². The van der Waals surface area contributed by atoms with E-state index in [0.29, 0.717) is 25.7 Å². The Kier molecular flexibility index (Phi) is 34.4. The highest BCUT2D eigenvalue weighted by Crippen LogP contribution is 2.33. The largest absolute Gasteiger partial charge is 0.481 e. The lowest BCUT2D eigenvalue weighted by Gasteiger charge is -2.25. The highest BCUT2D eigenvalue weighted by Gasteiger charge is 2.45. The van der Waals surface area contributed by atoms with Gasteiger partial charge in [-0.05, 0) is 32.1 Å². The second-order valence-corrected chi connectivity index (χ2v) is 13.3. The smallest absolute Gasteiger partial charge is 0.321 e. The first-order chi connectivity index (χ1) is 22.6. The molecule has 0 radical (unpaired) electrons. The number of carboxylic acids is 4. The van der Waals surface area contributed by atoms with Gasteiger partial charge in [0.1, 0.15) is 0 Å². The summed E-state index contributed by atoms with van der Waals surface area (Å²) in [5.41, 5.74) is -1.66. The van der Waals surface area contributed by atoms with Gasteiger partial charge in [-0.3, -0.25) is 19.2 Å². The van der Waals surface area contributed by atoms with Crippen molar-refractivity contribution in [2.45, 2.75) is 206 Å². The molecule has 0 spiro atoms. The topological polar surface area (TPSA) is 149 Å². The monoisotopic (exact) mass is 667 g/mol. The summed E-state index contributed by atoms with van der Waals surface area (Å²) in [6, 6.07) is 0. The van der Waals surface area contributed by atoms with Crippen LogP contribution < -0.4 is 0 Å². The lowest BCUT2D eigenvalue weighted by atomic mass is 9.78. The second kappa shape index (κ2) is 34.8. The molecule has 8 heteroatoms. The standard InChI is InChI=1S/C25H42O6.C14H28O2/c1-2-3-4-5-6-8-11-14-17-20-25(23(28)29,24(30)31)21-18-15-12-9-7-10-13-16-19-22(26)27;1-2-3-4-5-6-7-8-9-10-11-12-13-14(15)16/h1H,3-21H2,(H,26,27)(H,28,29)(H,30,31);2-13H2,1H3,(H,15,16). The van der Waals surface area contributed by atoms with E-state index in [9.17, 15) is 29.4 Å². The van der Waals surface area contributed by atoms with Crippen molar-refractivity contribution in [2.75, 3.05) is 0 Å². The third-order valence-electron chi connectivity index (χ3n) is 8.98. The van der Waals surface area contributed by atoms with E-state index >= 15 is 0 Å². The third kappa shape index (κ3) is 31.8. The Hall–Kier alpha value is -2.56. The highest BCUT2D eigenvalue weighted by atomic mass is 16.4. The van der Waals surface area contributed by atoms with Crippen molar-refractivity contribution in [1.82, 2.24) is 0 Å². The molecular weight excluding hydrogens is 596 g/mol. The summed E-state index contributed by atoms with van der Waals surface area (Å²) >= 11 is 0. The maximum Gasteiger partial charge on any atom is 0.321 e. The number of terminal acetylenes is 1. The van der Waals surface area contributed by atoms with Crippen molar-refractivity contribution in [3.8, 4) is 12.3 Å². The summed E-state index contributed by atoms with van der Waals surface area (Å²) in [7, 11) is 0. The minimum atomic E-state index is -1.66. The molecule has 0 aromatic rings. The average molecular weight is 667 g/mol. The number of unbranched alkanes of at least 4 members (excludes halogenated alkanes) is 24. The Bertz CT molecular complexity index is 802. The Morgan fingerprint density at radius 1 is 0.447 bits per heavy atom. The molecule has 0 saturated carbocycles. The Morgan fingerprint density at radius 3 is 1.00 bits per heavy atom. The van der Waals surface area contributed by atoms with Gasteiger partial charge in [0.2, 0.25) is 0 Å².